The van der Waals surface area contributed by atoms with Crippen LogP contribution in [0.4, 0.5) is 0 Å². The molecular formula is C17H22ClN3O. The third-order valence-corrected chi connectivity index (χ3v) is 4.77. The molecule has 0 spiro atoms. The number of hydrogen-bond acceptors (Lipinski definition) is 4. The average Bonchev–Trinajstić information content (AvgIpc) is 2.52. The Morgan fingerprint density at radius 3 is 2.91 bits per heavy atom. The fraction of sp³-hybridized carbons (Fsp3) is 0.471. The monoisotopic (exact) mass is 319 g/mol. The maximum atomic E-state index is 8.54. The Labute approximate surface area is 136 Å². The molecule has 22 heavy (non-hydrogen) atoms. The molecule has 5 heteroatoms. The normalized spacial score (nSPS) is 26.6. The molecule has 2 aliphatic heterocycles. The zero-order chi connectivity index (χ0) is 15.7. The maximum absolute atomic E-state index is 8.54. The van der Waals surface area contributed by atoms with Crippen molar-refractivity contribution >= 4 is 23.0 Å². The van der Waals surface area contributed by atoms with E-state index in [9.17, 15) is 0 Å². The molecule has 2 bridgehead atoms. The Hall–Kier alpha value is -1.52. The first-order valence-corrected chi connectivity index (χ1v) is 8.11. The van der Waals surface area contributed by atoms with Crippen molar-refractivity contribution in [3.05, 3.63) is 34.4 Å². The van der Waals surface area contributed by atoms with Gasteiger partial charge in [-0.3, -0.25) is 0 Å². The van der Waals surface area contributed by atoms with Gasteiger partial charge in [0.05, 0.1) is 12.8 Å². The molecule has 0 saturated carbocycles. The van der Waals surface area contributed by atoms with E-state index in [1.807, 2.05) is 19.2 Å². The zero-order valence-electron chi connectivity index (χ0n) is 13.0. The van der Waals surface area contributed by atoms with Gasteiger partial charge in [-0.2, -0.15) is 0 Å². The van der Waals surface area contributed by atoms with E-state index in [0.717, 1.165) is 35.4 Å². The van der Waals surface area contributed by atoms with E-state index in [-0.39, 0.29) is 6.04 Å². The van der Waals surface area contributed by atoms with Gasteiger partial charge >= 0.3 is 0 Å². The summed E-state index contributed by atoms with van der Waals surface area (Å²) in [5.74, 6) is 0.733. The summed E-state index contributed by atoms with van der Waals surface area (Å²) in [4.78, 5) is 0. The second kappa shape index (κ2) is 6.31. The molecule has 3 N–H and O–H groups in total. The molecule has 2 saturated heterocycles. The maximum Gasteiger partial charge on any atom is 0.121 e. The van der Waals surface area contributed by atoms with Gasteiger partial charge in [-0.05, 0) is 49.5 Å². The molecule has 2 heterocycles. The van der Waals surface area contributed by atoms with Crippen molar-refractivity contribution in [2.45, 2.75) is 37.8 Å². The third kappa shape index (κ3) is 2.85. The smallest absolute Gasteiger partial charge is 0.121 e. The summed E-state index contributed by atoms with van der Waals surface area (Å²) in [5, 5.41) is 16.0. The summed E-state index contributed by atoms with van der Waals surface area (Å²) >= 11 is 6.20. The van der Waals surface area contributed by atoms with E-state index >= 15 is 0 Å². The molecule has 3 rings (SSSR count). The second-order valence-corrected chi connectivity index (χ2v) is 6.38. The molecule has 2 aliphatic rings. The minimum atomic E-state index is 0.187. The number of rotatable bonds is 3. The third-order valence-electron chi connectivity index (χ3n) is 4.55. The van der Waals surface area contributed by atoms with Crippen LogP contribution in [0.15, 0.2) is 23.8 Å². The van der Waals surface area contributed by atoms with Crippen molar-refractivity contribution in [1.29, 1.82) is 5.41 Å². The summed E-state index contributed by atoms with van der Waals surface area (Å²) in [7, 11) is 3.54. The van der Waals surface area contributed by atoms with Crippen molar-refractivity contribution < 1.29 is 4.74 Å². The summed E-state index contributed by atoms with van der Waals surface area (Å²) in [6, 6.07) is 6.36. The Morgan fingerprint density at radius 2 is 2.18 bits per heavy atom. The highest BCUT2D eigenvalue weighted by Crippen LogP contribution is 2.33. The van der Waals surface area contributed by atoms with E-state index in [1.165, 1.54) is 12.8 Å². The quantitative estimate of drug-likeness (QED) is 0.802. The first-order chi connectivity index (χ1) is 10.6. The Balaban J connectivity index is 2.05. The lowest BCUT2D eigenvalue weighted by Gasteiger charge is -2.38. The number of piperidine rings is 2. The van der Waals surface area contributed by atoms with Gasteiger partial charge in [0.15, 0.2) is 0 Å². The summed E-state index contributed by atoms with van der Waals surface area (Å²) < 4.78 is 5.32. The summed E-state index contributed by atoms with van der Waals surface area (Å²) in [5.41, 5.74) is 3.77. The van der Waals surface area contributed by atoms with Crippen molar-refractivity contribution in [2.24, 2.45) is 0 Å². The van der Waals surface area contributed by atoms with Crippen molar-refractivity contribution in [2.75, 3.05) is 14.2 Å². The minimum absolute atomic E-state index is 0.187. The molecule has 118 valence electrons. The van der Waals surface area contributed by atoms with Crippen LogP contribution < -0.4 is 15.4 Å². The molecule has 2 atom stereocenters. The topological polar surface area (TPSA) is 57.1 Å². The van der Waals surface area contributed by atoms with Crippen molar-refractivity contribution in [1.82, 2.24) is 10.6 Å². The molecule has 1 aromatic carbocycles. The van der Waals surface area contributed by atoms with Gasteiger partial charge in [-0.25, -0.2) is 0 Å². The molecule has 0 unspecified atom stereocenters. The van der Waals surface area contributed by atoms with Crippen LogP contribution in [0, 0.1) is 5.41 Å². The first kappa shape index (κ1) is 15.4. The van der Waals surface area contributed by atoms with E-state index in [4.69, 9.17) is 21.7 Å². The second-order valence-electron chi connectivity index (χ2n) is 5.95. The van der Waals surface area contributed by atoms with E-state index in [2.05, 4.69) is 10.6 Å². The van der Waals surface area contributed by atoms with Crippen LogP contribution in [0.25, 0.3) is 5.70 Å². The fourth-order valence-electron chi connectivity index (χ4n) is 3.51. The largest absolute Gasteiger partial charge is 0.497 e. The standard InChI is InChI=1S/C17H22ClN3O/c1-20-17(10-6-11(18)8-13(7-10)22-2)14-9-12-4-3-5-15(21-12)16(14)19/h6-8,12,15,19-21H,3-5,9H2,1-2H3/b17-14-,19-16?/t12-,15+/m0/s1. The Bertz CT molecular complexity index is 626. The highest BCUT2D eigenvalue weighted by molar-refractivity contribution is 6.31. The SMILES string of the molecule is CN/C(=C1/C[C@@H]2CCC[C@@H](N2)C1=N)c1cc(Cl)cc(OC)c1. The van der Waals surface area contributed by atoms with E-state index in [1.54, 1.807) is 13.2 Å². The van der Waals surface area contributed by atoms with Crippen LogP contribution >= 0.6 is 11.6 Å². The Morgan fingerprint density at radius 1 is 1.36 bits per heavy atom. The predicted octanol–water partition coefficient (Wildman–Crippen LogP) is 3.21. The van der Waals surface area contributed by atoms with Gasteiger partial charge in [0.25, 0.3) is 0 Å². The molecular weight excluding hydrogens is 298 g/mol. The molecule has 0 amide bonds. The molecule has 2 fully saturated rings. The number of fused-ring (bicyclic) bond motifs is 2. The van der Waals surface area contributed by atoms with Crippen LogP contribution in [0.3, 0.4) is 0 Å². The zero-order valence-corrected chi connectivity index (χ0v) is 13.8. The molecule has 1 aromatic rings. The van der Waals surface area contributed by atoms with Gasteiger partial charge in [0, 0.05) is 35.4 Å². The lowest BCUT2D eigenvalue weighted by molar-refractivity contribution is 0.350. The molecule has 0 radical (unpaired) electrons. The summed E-state index contributed by atoms with van der Waals surface area (Å²) in [6.07, 6.45) is 4.33. The minimum Gasteiger partial charge on any atom is -0.497 e. The van der Waals surface area contributed by atoms with E-state index in [0.29, 0.717) is 16.8 Å². The van der Waals surface area contributed by atoms with Crippen LogP contribution in [0.1, 0.15) is 31.2 Å². The van der Waals surface area contributed by atoms with Crippen LogP contribution in [0.5, 0.6) is 5.75 Å². The highest BCUT2D eigenvalue weighted by Gasteiger charge is 2.33. The fourth-order valence-corrected chi connectivity index (χ4v) is 3.73. The number of ether oxygens (including phenoxy) is 1. The number of halogens is 1. The lowest BCUT2D eigenvalue weighted by Crippen LogP contribution is -2.52. The van der Waals surface area contributed by atoms with Crippen LogP contribution in [-0.4, -0.2) is 32.0 Å². The van der Waals surface area contributed by atoms with Gasteiger partial charge < -0.3 is 20.8 Å². The lowest BCUT2D eigenvalue weighted by atomic mass is 9.81. The molecule has 4 nitrogen and oxygen atoms in total. The van der Waals surface area contributed by atoms with Crippen molar-refractivity contribution in [3.8, 4) is 5.75 Å². The Kier molecular flexibility index (Phi) is 4.41. The first-order valence-electron chi connectivity index (χ1n) is 7.73. The molecule has 0 aromatic heterocycles. The van der Waals surface area contributed by atoms with Gasteiger partial charge in [0.2, 0.25) is 0 Å². The highest BCUT2D eigenvalue weighted by atomic mass is 35.5. The summed E-state index contributed by atoms with van der Waals surface area (Å²) in [6.45, 7) is 0. The number of methoxy groups -OCH3 is 1. The predicted molar refractivity (Wildman–Crippen MR) is 90.9 cm³/mol. The van der Waals surface area contributed by atoms with Gasteiger partial charge in [-0.15, -0.1) is 0 Å². The number of nitrogens with one attached hydrogen (secondary N) is 3. The number of hydrogen-bond donors (Lipinski definition) is 3. The van der Waals surface area contributed by atoms with Gasteiger partial charge in [0.1, 0.15) is 5.75 Å². The molecule has 0 aliphatic carbocycles. The van der Waals surface area contributed by atoms with Crippen molar-refractivity contribution in [3.63, 3.8) is 0 Å². The van der Waals surface area contributed by atoms with Gasteiger partial charge in [-0.1, -0.05) is 11.6 Å². The van der Waals surface area contributed by atoms with Crippen LogP contribution in [0.2, 0.25) is 5.02 Å². The van der Waals surface area contributed by atoms with Crippen LogP contribution in [-0.2, 0) is 0 Å². The number of benzene rings is 1. The average molecular weight is 320 g/mol. The van der Waals surface area contributed by atoms with E-state index < -0.39 is 0 Å².